The summed E-state index contributed by atoms with van der Waals surface area (Å²) in [5.41, 5.74) is 6.63. The molecule has 0 saturated heterocycles. The predicted octanol–water partition coefficient (Wildman–Crippen LogP) is 2.57. The summed E-state index contributed by atoms with van der Waals surface area (Å²) in [6.07, 6.45) is 6.10. The van der Waals surface area contributed by atoms with Gasteiger partial charge in [0.25, 0.3) is 5.91 Å². The molecule has 1 aliphatic rings. The number of H-pyrrole nitrogens is 1. The van der Waals surface area contributed by atoms with E-state index in [1.807, 2.05) is 6.07 Å². The molecule has 1 aliphatic carbocycles. The van der Waals surface area contributed by atoms with E-state index in [1.54, 1.807) is 18.2 Å². The fraction of sp³-hybridized carbons (Fsp3) is 0.389. The Morgan fingerprint density at radius 2 is 2.04 bits per heavy atom. The number of primary amides is 1. The molecule has 0 atom stereocenters. The fourth-order valence-electron chi connectivity index (χ4n) is 3.09. The second kappa shape index (κ2) is 7.83. The maximum Gasteiger partial charge on any atom is 0.263 e. The van der Waals surface area contributed by atoms with Gasteiger partial charge in [-0.3, -0.25) is 14.7 Å². The lowest BCUT2D eigenvalue weighted by Crippen LogP contribution is -2.20. The molecular weight excluding hydrogens is 320 g/mol. The maximum absolute atomic E-state index is 12.0. The third kappa shape index (κ3) is 4.59. The van der Waals surface area contributed by atoms with Gasteiger partial charge in [-0.2, -0.15) is 5.10 Å². The molecule has 7 nitrogen and oxygen atoms in total. The summed E-state index contributed by atoms with van der Waals surface area (Å²) in [4.78, 5) is 23.1. The summed E-state index contributed by atoms with van der Waals surface area (Å²) in [7, 11) is 0. The molecule has 25 heavy (non-hydrogen) atoms. The normalized spacial score (nSPS) is 14.9. The van der Waals surface area contributed by atoms with E-state index in [1.165, 1.54) is 25.3 Å². The number of nitrogens with zero attached hydrogens (tertiary/aromatic N) is 1. The van der Waals surface area contributed by atoms with Crippen LogP contribution < -0.4 is 15.8 Å². The largest absolute Gasteiger partial charge is 0.484 e. The van der Waals surface area contributed by atoms with Crippen LogP contribution in [0, 0.1) is 0 Å². The zero-order chi connectivity index (χ0) is 17.6. The minimum absolute atomic E-state index is 0.173. The molecule has 0 aliphatic heterocycles. The lowest BCUT2D eigenvalue weighted by molar-refractivity contribution is -0.118. The van der Waals surface area contributed by atoms with Crippen molar-refractivity contribution in [2.75, 3.05) is 11.9 Å². The van der Waals surface area contributed by atoms with Crippen LogP contribution in [0.25, 0.3) is 0 Å². The van der Waals surface area contributed by atoms with Gasteiger partial charge in [0.1, 0.15) is 5.75 Å². The molecule has 4 N–H and O–H groups in total. The Kier molecular flexibility index (Phi) is 5.33. The summed E-state index contributed by atoms with van der Waals surface area (Å²) in [6, 6.07) is 8.30. The van der Waals surface area contributed by atoms with Gasteiger partial charge in [0.05, 0.1) is 0 Å². The molecule has 7 heteroatoms. The Balaban J connectivity index is 1.52. The molecule has 1 aromatic carbocycles. The first-order valence-corrected chi connectivity index (χ1v) is 8.49. The minimum Gasteiger partial charge on any atom is -0.484 e. The van der Waals surface area contributed by atoms with Crippen LogP contribution >= 0.6 is 0 Å². The van der Waals surface area contributed by atoms with Crippen LogP contribution in [-0.2, 0) is 4.79 Å². The molecular formula is C18H22N4O3. The zero-order valence-electron chi connectivity index (χ0n) is 14.0. The van der Waals surface area contributed by atoms with Crippen molar-refractivity contribution in [3.8, 4) is 5.75 Å². The van der Waals surface area contributed by atoms with E-state index in [0.29, 0.717) is 23.0 Å². The van der Waals surface area contributed by atoms with Crippen LogP contribution in [0.15, 0.2) is 30.3 Å². The van der Waals surface area contributed by atoms with Crippen molar-refractivity contribution in [2.24, 2.45) is 5.73 Å². The number of benzene rings is 1. The van der Waals surface area contributed by atoms with Crippen molar-refractivity contribution in [1.82, 2.24) is 10.2 Å². The summed E-state index contributed by atoms with van der Waals surface area (Å²) < 4.78 is 5.40. The number of nitrogens with two attached hydrogens (primary N) is 1. The number of nitrogens with one attached hydrogen (secondary N) is 2. The van der Waals surface area contributed by atoms with Crippen LogP contribution in [0.2, 0.25) is 0 Å². The molecule has 1 saturated carbocycles. The van der Waals surface area contributed by atoms with E-state index in [2.05, 4.69) is 15.5 Å². The van der Waals surface area contributed by atoms with Crippen molar-refractivity contribution in [3.05, 3.63) is 41.6 Å². The Morgan fingerprint density at radius 3 is 2.80 bits per heavy atom. The first-order chi connectivity index (χ1) is 12.1. The van der Waals surface area contributed by atoms with Crippen LogP contribution in [0.3, 0.4) is 0 Å². The third-order valence-corrected chi connectivity index (χ3v) is 4.40. The van der Waals surface area contributed by atoms with Gasteiger partial charge in [-0.15, -0.1) is 0 Å². The zero-order valence-corrected chi connectivity index (χ0v) is 14.0. The summed E-state index contributed by atoms with van der Waals surface area (Å²) >= 11 is 0. The second-order valence-corrected chi connectivity index (χ2v) is 6.27. The molecule has 1 aromatic heterocycles. The molecule has 3 rings (SSSR count). The molecule has 0 unspecified atom stereocenters. The molecule has 0 radical (unpaired) electrons. The van der Waals surface area contributed by atoms with Crippen LogP contribution in [0.4, 0.5) is 5.82 Å². The van der Waals surface area contributed by atoms with Crippen molar-refractivity contribution in [3.63, 3.8) is 0 Å². The standard InChI is InChI=1S/C18H22N4O3/c19-18(24)13-7-4-8-14(9-13)25-11-17(23)20-16-10-15(21-22-16)12-5-2-1-3-6-12/h4,7-10,12H,1-3,5-6,11H2,(H2,19,24)(H2,20,21,22,23). The number of hydrogen-bond donors (Lipinski definition) is 3. The van der Waals surface area contributed by atoms with E-state index >= 15 is 0 Å². The highest BCUT2D eigenvalue weighted by molar-refractivity contribution is 5.93. The summed E-state index contributed by atoms with van der Waals surface area (Å²) in [6.45, 7) is -0.173. The average Bonchev–Trinajstić information content (AvgIpc) is 3.09. The highest BCUT2D eigenvalue weighted by Gasteiger charge is 2.18. The van der Waals surface area contributed by atoms with Crippen molar-refractivity contribution in [1.29, 1.82) is 0 Å². The quantitative estimate of drug-likeness (QED) is 0.749. The van der Waals surface area contributed by atoms with Crippen molar-refractivity contribution < 1.29 is 14.3 Å². The van der Waals surface area contributed by atoms with Gasteiger partial charge in [-0.25, -0.2) is 0 Å². The number of ether oxygens (including phenoxy) is 1. The molecule has 132 valence electrons. The highest BCUT2D eigenvalue weighted by atomic mass is 16.5. The summed E-state index contributed by atoms with van der Waals surface area (Å²) in [5.74, 6) is 0.559. The molecule has 1 heterocycles. The van der Waals surface area contributed by atoms with Gasteiger partial charge in [-0.05, 0) is 31.0 Å². The van der Waals surface area contributed by atoms with Crippen LogP contribution in [-0.4, -0.2) is 28.6 Å². The first-order valence-electron chi connectivity index (χ1n) is 8.49. The number of anilines is 1. The lowest BCUT2D eigenvalue weighted by Gasteiger charge is -2.19. The van der Waals surface area contributed by atoms with Crippen LogP contribution in [0.5, 0.6) is 5.75 Å². The van der Waals surface area contributed by atoms with E-state index in [9.17, 15) is 9.59 Å². The number of amides is 2. The highest BCUT2D eigenvalue weighted by Crippen LogP contribution is 2.32. The van der Waals surface area contributed by atoms with E-state index in [-0.39, 0.29) is 12.5 Å². The van der Waals surface area contributed by atoms with Gasteiger partial charge in [-0.1, -0.05) is 25.3 Å². The SMILES string of the molecule is NC(=O)c1cccc(OCC(=O)Nc2cc(C3CCCCC3)[nH]n2)c1. The lowest BCUT2D eigenvalue weighted by atomic mass is 9.87. The Morgan fingerprint density at radius 1 is 1.24 bits per heavy atom. The molecule has 2 aromatic rings. The van der Waals surface area contributed by atoms with Gasteiger partial charge < -0.3 is 15.8 Å². The number of aromatic nitrogens is 2. The Labute approximate surface area is 145 Å². The average molecular weight is 342 g/mol. The number of carbonyl (C=O) groups is 2. The second-order valence-electron chi connectivity index (χ2n) is 6.27. The van der Waals surface area contributed by atoms with Crippen molar-refractivity contribution >= 4 is 17.6 Å². The Hall–Kier alpha value is -2.83. The molecule has 0 bridgehead atoms. The van der Waals surface area contributed by atoms with Gasteiger partial charge in [0, 0.05) is 23.2 Å². The van der Waals surface area contributed by atoms with E-state index < -0.39 is 5.91 Å². The van der Waals surface area contributed by atoms with E-state index in [4.69, 9.17) is 10.5 Å². The minimum atomic E-state index is -0.540. The van der Waals surface area contributed by atoms with Gasteiger partial charge in [0.2, 0.25) is 5.91 Å². The summed E-state index contributed by atoms with van der Waals surface area (Å²) in [5, 5.41) is 9.88. The third-order valence-electron chi connectivity index (χ3n) is 4.40. The van der Waals surface area contributed by atoms with Gasteiger partial charge >= 0.3 is 0 Å². The molecule has 1 fully saturated rings. The number of hydrogen-bond acceptors (Lipinski definition) is 4. The first kappa shape index (κ1) is 17.0. The monoisotopic (exact) mass is 342 g/mol. The number of aromatic amines is 1. The number of rotatable bonds is 6. The molecule has 0 spiro atoms. The number of carbonyl (C=O) groups excluding carboxylic acids is 2. The van der Waals surface area contributed by atoms with Crippen molar-refractivity contribution in [2.45, 2.75) is 38.0 Å². The fourth-order valence-corrected chi connectivity index (χ4v) is 3.09. The maximum atomic E-state index is 12.0. The Bertz CT molecular complexity index is 750. The van der Waals surface area contributed by atoms with Crippen LogP contribution in [0.1, 0.15) is 54.1 Å². The predicted molar refractivity (Wildman–Crippen MR) is 93.5 cm³/mol. The van der Waals surface area contributed by atoms with E-state index in [0.717, 1.165) is 18.5 Å². The molecule has 2 amide bonds. The van der Waals surface area contributed by atoms with Gasteiger partial charge in [0.15, 0.2) is 12.4 Å². The smallest absolute Gasteiger partial charge is 0.263 e. The topological polar surface area (TPSA) is 110 Å².